The van der Waals surface area contributed by atoms with E-state index in [1.807, 2.05) is 26.0 Å². The van der Waals surface area contributed by atoms with E-state index in [0.717, 1.165) is 27.7 Å². The average Bonchev–Trinajstić information content (AvgIpc) is 2.85. The molecule has 0 fully saturated rings. The van der Waals surface area contributed by atoms with E-state index in [2.05, 4.69) is 26.6 Å². The molecule has 0 aliphatic heterocycles. The van der Waals surface area contributed by atoms with Crippen molar-refractivity contribution in [2.24, 2.45) is 0 Å². The molecule has 3 aromatic carbocycles. The number of anilines is 2. The zero-order chi connectivity index (χ0) is 27.3. The molecule has 0 aromatic heterocycles. The standard InChI is InChI=1S/C27H26BrF2N3O4/c1-15-11-18(28)12-16(2)25(15)32-26(35)17(3)37-23-10-7-20(30)13-22(23)27(36)31-14-24(34)33(4)21-8-5-19(29)6-9-21/h5-13,17H,14H2,1-4H3,(H,31,36)(H,32,35)/t17-/m1/s1. The van der Waals surface area contributed by atoms with Gasteiger partial charge in [-0.15, -0.1) is 0 Å². The molecule has 7 nitrogen and oxygen atoms in total. The van der Waals surface area contributed by atoms with Crippen molar-refractivity contribution >= 4 is 45.0 Å². The second kappa shape index (κ2) is 12.0. The van der Waals surface area contributed by atoms with Gasteiger partial charge in [-0.1, -0.05) is 15.9 Å². The van der Waals surface area contributed by atoms with Crippen LogP contribution in [0.3, 0.4) is 0 Å². The maximum atomic E-state index is 14.0. The molecule has 10 heteroatoms. The molecule has 0 aliphatic carbocycles. The molecule has 3 aromatic rings. The summed E-state index contributed by atoms with van der Waals surface area (Å²) in [5, 5.41) is 5.26. The van der Waals surface area contributed by atoms with Gasteiger partial charge in [0, 0.05) is 22.9 Å². The van der Waals surface area contributed by atoms with Crippen LogP contribution in [0.5, 0.6) is 5.75 Å². The fourth-order valence-electron chi connectivity index (χ4n) is 3.54. The van der Waals surface area contributed by atoms with Crippen molar-refractivity contribution in [2.45, 2.75) is 26.9 Å². The van der Waals surface area contributed by atoms with E-state index < -0.39 is 42.0 Å². The van der Waals surface area contributed by atoms with Crippen molar-refractivity contribution in [1.29, 1.82) is 0 Å². The molecular formula is C27H26BrF2N3O4. The minimum Gasteiger partial charge on any atom is -0.480 e. The van der Waals surface area contributed by atoms with E-state index in [1.165, 1.54) is 49.2 Å². The van der Waals surface area contributed by atoms with E-state index in [9.17, 15) is 23.2 Å². The van der Waals surface area contributed by atoms with Crippen LogP contribution >= 0.6 is 15.9 Å². The Hall–Kier alpha value is -3.79. The van der Waals surface area contributed by atoms with Crippen LogP contribution < -0.4 is 20.3 Å². The monoisotopic (exact) mass is 573 g/mol. The van der Waals surface area contributed by atoms with Crippen molar-refractivity contribution in [3.05, 3.63) is 87.4 Å². The van der Waals surface area contributed by atoms with Crippen molar-refractivity contribution < 1.29 is 27.9 Å². The first kappa shape index (κ1) is 27.8. The van der Waals surface area contributed by atoms with Gasteiger partial charge < -0.3 is 20.3 Å². The van der Waals surface area contributed by atoms with Crippen LogP contribution in [-0.2, 0) is 9.59 Å². The smallest absolute Gasteiger partial charge is 0.265 e. The van der Waals surface area contributed by atoms with Gasteiger partial charge in [-0.05, 0) is 86.5 Å². The van der Waals surface area contributed by atoms with Gasteiger partial charge in [0.15, 0.2) is 6.10 Å². The summed E-state index contributed by atoms with van der Waals surface area (Å²) in [4.78, 5) is 39.4. The van der Waals surface area contributed by atoms with E-state index in [-0.39, 0.29) is 11.3 Å². The van der Waals surface area contributed by atoms with Gasteiger partial charge in [-0.2, -0.15) is 0 Å². The molecular weight excluding hydrogens is 548 g/mol. The molecule has 0 unspecified atom stereocenters. The van der Waals surface area contributed by atoms with Gasteiger partial charge in [-0.3, -0.25) is 14.4 Å². The van der Waals surface area contributed by atoms with Crippen molar-refractivity contribution in [2.75, 3.05) is 23.8 Å². The van der Waals surface area contributed by atoms with E-state index in [4.69, 9.17) is 4.74 Å². The van der Waals surface area contributed by atoms with Crippen molar-refractivity contribution in [3.8, 4) is 5.75 Å². The van der Waals surface area contributed by atoms with Crippen LogP contribution in [0.1, 0.15) is 28.4 Å². The number of amides is 3. The summed E-state index contributed by atoms with van der Waals surface area (Å²) < 4.78 is 33.7. The number of hydrogen-bond donors (Lipinski definition) is 2. The molecule has 0 saturated carbocycles. The van der Waals surface area contributed by atoms with Gasteiger partial charge in [0.1, 0.15) is 17.4 Å². The summed E-state index contributed by atoms with van der Waals surface area (Å²) in [7, 11) is 1.48. The maximum Gasteiger partial charge on any atom is 0.265 e. The first-order chi connectivity index (χ1) is 17.5. The first-order valence-electron chi connectivity index (χ1n) is 11.3. The Morgan fingerprint density at radius 3 is 2.19 bits per heavy atom. The third kappa shape index (κ3) is 7.13. The van der Waals surface area contributed by atoms with Crippen LogP contribution in [0, 0.1) is 25.5 Å². The third-order valence-electron chi connectivity index (χ3n) is 5.59. The van der Waals surface area contributed by atoms with Gasteiger partial charge >= 0.3 is 0 Å². The van der Waals surface area contributed by atoms with Crippen molar-refractivity contribution in [3.63, 3.8) is 0 Å². The number of aryl methyl sites for hydroxylation is 2. The Labute approximate surface area is 221 Å². The molecule has 3 rings (SSSR count). The Kier molecular flexibility index (Phi) is 8.99. The summed E-state index contributed by atoms with van der Waals surface area (Å²) in [6.07, 6.45) is -1.02. The average molecular weight is 574 g/mol. The number of likely N-dealkylation sites (N-methyl/N-ethyl adjacent to an activating group) is 1. The number of halogens is 3. The van der Waals surface area contributed by atoms with E-state index in [0.29, 0.717) is 11.4 Å². The van der Waals surface area contributed by atoms with Crippen LogP contribution in [0.25, 0.3) is 0 Å². The summed E-state index contributed by atoms with van der Waals surface area (Å²) in [6, 6.07) is 12.3. The minimum atomic E-state index is -1.02. The Balaban J connectivity index is 1.68. The van der Waals surface area contributed by atoms with Gasteiger partial charge in [0.2, 0.25) is 5.91 Å². The number of rotatable bonds is 8. The topological polar surface area (TPSA) is 87.7 Å². The predicted octanol–water partition coefficient (Wildman–Crippen LogP) is 5.14. The third-order valence-corrected chi connectivity index (χ3v) is 6.05. The van der Waals surface area contributed by atoms with Crippen LogP contribution in [0.15, 0.2) is 59.1 Å². The highest BCUT2D eigenvalue weighted by Gasteiger charge is 2.22. The highest BCUT2D eigenvalue weighted by molar-refractivity contribution is 9.10. The van der Waals surface area contributed by atoms with Gasteiger partial charge in [0.25, 0.3) is 11.8 Å². The lowest BCUT2D eigenvalue weighted by atomic mass is 10.1. The second-order valence-electron chi connectivity index (χ2n) is 8.42. The largest absolute Gasteiger partial charge is 0.480 e. The first-order valence-corrected chi connectivity index (χ1v) is 12.1. The summed E-state index contributed by atoms with van der Waals surface area (Å²) >= 11 is 3.41. The summed E-state index contributed by atoms with van der Waals surface area (Å²) in [6.45, 7) is 4.82. The fraction of sp³-hybridized carbons (Fsp3) is 0.222. The molecule has 0 aliphatic rings. The van der Waals surface area contributed by atoms with E-state index >= 15 is 0 Å². The van der Waals surface area contributed by atoms with E-state index in [1.54, 1.807) is 0 Å². The molecule has 0 spiro atoms. The normalized spacial score (nSPS) is 11.4. The van der Waals surface area contributed by atoms with Crippen LogP contribution in [-0.4, -0.2) is 37.4 Å². The minimum absolute atomic E-state index is 0.0230. The maximum absolute atomic E-state index is 14.0. The molecule has 0 radical (unpaired) electrons. The molecule has 3 amide bonds. The zero-order valence-corrected chi connectivity index (χ0v) is 22.3. The van der Waals surface area contributed by atoms with Gasteiger partial charge in [0.05, 0.1) is 12.1 Å². The number of nitrogens with one attached hydrogen (secondary N) is 2. The summed E-state index contributed by atoms with van der Waals surface area (Å²) in [5.74, 6) is -2.85. The number of benzene rings is 3. The quantitative estimate of drug-likeness (QED) is 0.390. The van der Waals surface area contributed by atoms with Crippen molar-refractivity contribution in [1.82, 2.24) is 5.32 Å². The Morgan fingerprint density at radius 1 is 0.973 bits per heavy atom. The molecule has 0 heterocycles. The Bertz CT molecular complexity index is 1310. The molecule has 2 N–H and O–H groups in total. The lowest BCUT2D eigenvalue weighted by Crippen LogP contribution is -2.38. The van der Waals surface area contributed by atoms with Crippen LogP contribution in [0.4, 0.5) is 20.2 Å². The number of hydrogen-bond acceptors (Lipinski definition) is 4. The SMILES string of the molecule is Cc1cc(Br)cc(C)c1NC(=O)[C@@H](C)Oc1ccc(F)cc1C(=O)NCC(=O)N(C)c1ccc(F)cc1. The second-order valence-corrected chi connectivity index (χ2v) is 9.33. The molecule has 194 valence electrons. The molecule has 1 atom stereocenters. The fourth-order valence-corrected chi connectivity index (χ4v) is 4.22. The number of carbonyl (C=O) groups is 3. The lowest BCUT2D eigenvalue weighted by Gasteiger charge is -2.20. The zero-order valence-electron chi connectivity index (χ0n) is 20.7. The lowest BCUT2D eigenvalue weighted by molar-refractivity contribution is -0.122. The summed E-state index contributed by atoms with van der Waals surface area (Å²) in [5.41, 5.74) is 2.61. The number of carbonyl (C=O) groups excluding carboxylic acids is 3. The molecule has 0 saturated heterocycles. The predicted molar refractivity (Wildman–Crippen MR) is 141 cm³/mol. The number of nitrogens with zero attached hydrogens (tertiary/aromatic N) is 1. The molecule has 37 heavy (non-hydrogen) atoms. The van der Waals surface area contributed by atoms with Gasteiger partial charge in [-0.25, -0.2) is 8.78 Å². The molecule has 0 bridgehead atoms. The highest BCUT2D eigenvalue weighted by atomic mass is 79.9. The van der Waals surface area contributed by atoms with Crippen LogP contribution in [0.2, 0.25) is 0 Å². The number of ether oxygens (including phenoxy) is 1. The Morgan fingerprint density at radius 2 is 1.57 bits per heavy atom. The highest BCUT2D eigenvalue weighted by Crippen LogP contribution is 2.26.